The van der Waals surface area contributed by atoms with Crippen molar-refractivity contribution in [2.24, 2.45) is 0 Å². The zero-order chi connectivity index (χ0) is 16.0. The lowest BCUT2D eigenvalue weighted by Crippen LogP contribution is -2.34. The molecule has 118 valence electrons. The molecule has 1 N–H and O–H groups in total. The Morgan fingerprint density at radius 1 is 1.17 bits per heavy atom. The van der Waals surface area contributed by atoms with E-state index < -0.39 is 6.10 Å². The van der Waals surface area contributed by atoms with Crippen LogP contribution in [-0.4, -0.2) is 20.8 Å². The van der Waals surface area contributed by atoms with Gasteiger partial charge in [0.1, 0.15) is 0 Å². The second-order valence-corrected chi connectivity index (χ2v) is 7.02. The maximum absolute atomic E-state index is 13.0. The van der Waals surface area contributed by atoms with E-state index in [1.54, 1.807) is 10.8 Å². The monoisotopic (exact) mass is 372 g/mol. The molecule has 1 aliphatic carbocycles. The highest BCUT2D eigenvalue weighted by Crippen LogP contribution is 2.31. The molecule has 1 aliphatic rings. The minimum absolute atomic E-state index is 0.0540. The Morgan fingerprint density at radius 2 is 2.00 bits per heavy atom. The zero-order valence-corrected chi connectivity index (χ0v) is 14.2. The SMILES string of the molecule is O=c1c2cc(Br)c3cccnc3c2ccn1[C@H]1CCCC[C@@H]1O. The summed E-state index contributed by atoms with van der Waals surface area (Å²) in [6, 6.07) is 7.56. The summed E-state index contributed by atoms with van der Waals surface area (Å²) in [6.45, 7) is 0. The van der Waals surface area contributed by atoms with Crippen molar-refractivity contribution in [2.45, 2.75) is 37.8 Å². The summed E-state index contributed by atoms with van der Waals surface area (Å²) in [5.41, 5.74) is 0.770. The van der Waals surface area contributed by atoms with Gasteiger partial charge < -0.3 is 9.67 Å². The number of aliphatic hydroxyl groups excluding tert-OH is 1. The van der Waals surface area contributed by atoms with Gasteiger partial charge in [0.05, 0.1) is 23.0 Å². The van der Waals surface area contributed by atoms with Crippen molar-refractivity contribution < 1.29 is 5.11 Å². The quantitative estimate of drug-likeness (QED) is 0.661. The van der Waals surface area contributed by atoms with Crippen LogP contribution in [0.3, 0.4) is 0 Å². The van der Waals surface area contributed by atoms with Crippen LogP contribution in [0.4, 0.5) is 0 Å². The smallest absolute Gasteiger partial charge is 0.258 e. The summed E-state index contributed by atoms with van der Waals surface area (Å²) in [7, 11) is 0. The van der Waals surface area contributed by atoms with Crippen LogP contribution in [0.15, 0.2) is 45.9 Å². The van der Waals surface area contributed by atoms with Crippen LogP contribution in [0, 0.1) is 0 Å². The first kappa shape index (κ1) is 14.8. The van der Waals surface area contributed by atoms with Crippen molar-refractivity contribution in [2.75, 3.05) is 0 Å². The van der Waals surface area contributed by atoms with Gasteiger partial charge in [0.25, 0.3) is 5.56 Å². The first-order chi connectivity index (χ1) is 11.2. The van der Waals surface area contributed by atoms with Gasteiger partial charge in [-0.1, -0.05) is 34.8 Å². The van der Waals surface area contributed by atoms with Gasteiger partial charge in [-0.05, 0) is 31.0 Å². The summed E-state index contributed by atoms with van der Waals surface area (Å²) in [5.74, 6) is 0. The van der Waals surface area contributed by atoms with E-state index in [2.05, 4.69) is 20.9 Å². The maximum Gasteiger partial charge on any atom is 0.258 e. The maximum atomic E-state index is 13.0. The molecule has 4 rings (SSSR count). The lowest BCUT2D eigenvalue weighted by Gasteiger charge is -2.29. The lowest BCUT2D eigenvalue weighted by molar-refractivity contribution is 0.0740. The third-order valence-electron chi connectivity index (χ3n) is 4.80. The minimum Gasteiger partial charge on any atom is -0.391 e. The number of fused-ring (bicyclic) bond motifs is 3. The fourth-order valence-electron chi connectivity index (χ4n) is 3.61. The summed E-state index contributed by atoms with van der Waals surface area (Å²) < 4.78 is 2.57. The molecule has 4 nitrogen and oxygen atoms in total. The molecule has 0 saturated heterocycles. The Balaban J connectivity index is 1.98. The van der Waals surface area contributed by atoms with E-state index >= 15 is 0 Å². The lowest BCUT2D eigenvalue weighted by atomic mass is 9.92. The van der Waals surface area contributed by atoms with Gasteiger partial charge in [0.15, 0.2) is 0 Å². The van der Waals surface area contributed by atoms with Crippen molar-refractivity contribution in [3.63, 3.8) is 0 Å². The molecule has 2 atom stereocenters. The number of aliphatic hydroxyl groups is 1. The van der Waals surface area contributed by atoms with Crippen LogP contribution in [0.2, 0.25) is 0 Å². The molecule has 0 unspecified atom stereocenters. The standard InChI is InChI=1S/C18H17BrN2O2/c19-14-10-13-11(17-12(14)4-3-8-20-17)7-9-21(18(13)23)15-5-1-2-6-16(15)22/h3-4,7-10,15-16,22H,1-2,5-6H2/t15-,16-/m0/s1. The van der Waals surface area contributed by atoms with E-state index in [9.17, 15) is 9.90 Å². The molecule has 1 saturated carbocycles. The molecule has 0 radical (unpaired) electrons. The third-order valence-corrected chi connectivity index (χ3v) is 5.46. The van der Waals surface area contributed by atoms with Crippen molar-refractivity contribution in [1.82, 2.24) is 9.55 Å². The minimum atomic E-state index is -0.444. The van der Waals surface area contributed by atoms with Gasteiger partial charge in [-0.2, -0.15) is 0 Å². The number of hydrogen-bond acceptors (Lipinski definition) is 3. The van der Waals surface area contributed by atoms with E-state index in [4.69, 9.17) is 0 Å². The zero-order valence-electron chi connectivity index (χ0n) is 12.6. The first-order valence-corrected chi connectivity index (χ1v) is 8.72. The molecule has 0 aliphatic heterocycles. The fraction of sp³-hybridized carbons (Fsp3) is 0.333. The summed E-state index contributed by atoms with van der Waals surface area (Å²) in [4.78, 5) is 17.4. The molecule has 1 aromatic carbocycles. The van der Waals surface area contributed by atoms with Gasteiger partial charge >= 0.3 is 0 Å². The van der Waals surface area contributed by atoms with Crippen LogP contribution in [-0.2, 0) is 0 Å². The van der Waals surface area contributed by atoms with Gasteiger partial charge in [0, 0.05) is 27.6 Å². The largest absolute Gasteiger partial charge is 0.391 e. The average molecular weight is 373 g/mol. The van der Waals surface area contributed by atoms with Crippen LogP contribution in [0.5, 0.6) is 0 Å². The van der Waals surface area contributed by atoms with Crippen LogP contribution < -0.4 is 5.56 Å². The number of nitrogens with zero attached hydrogens (tertiary/aromatic N) is 2. The molecule has 2 heterocycles. The second-order valence-electron chi connectivity index (χ2n) is 6.17. The number of aromatic nitrogens is 2. The van der Waals surface area contributed by atoms with Crippen LogP contribution in [0.25, 0.3) is 21.7 Å². The van der Waals surface area contributed by atoms with E-state index in [1.165, 1.54) is 0 Å². The first-order valence-electron chi connectivity index (χ1n) is 7.93. The molecule has 1 fully saturated rings. The van der Waals surface area contributed by atoms with Crippen LogP contribution >= 0.6 is 15.9 Å². The highest BCUT2D eigenvalue weighted by Gasteiger charge is 2.25. The van der Waals surface area contributed by atoms with Crippen LogP contribution in [0.1, 0.15) is 31.7 Å². The molecule has 0 spiro atoms. The summed E-state index contributed by atoms with van der Waals surface area (Å²) >= 11 is 3.55. The van der Waals surface area contributed by atoms with Crippen molar-refractivity contribution in [3.8, 4) is 0 Å². The molecule has 2 aromatic heterocycles. The van der Waals surface area contributed by atoms with E-state index in [0.29, 0.717) is 5.39 Å². The van der Waals surface area contributed by atoms with Gasteiger partial charge in [-0.15, -0.1) is 0 Å². The molecule has 0 bridgehead atoms. The van der Waals surface area contributed by atoms with Crippen molar-refractivity contribution in [3.05, 3.63) is 51.5 Å². The fourth-order valence-corrected chi connectivity index (χ4v) is 4.16. The Labute approximate surface area is 141 Å². The number of rotatable bonds is 1. The Morgan fingerprint density at radius 3 is 2.83 bits per heavy atom. The molecule has 0 amide bonds. The number of pyridine rings is 2. The third kappa shape index (κ3) is 2.39. The number of hydrogen-bond donors (Lipinski definition) is 1. The normalized spacial score (nSPS) is 21.8. The topological polar surface area (TPSA) is 55.1 Å². The summed E-state index contributed by atoms with van der Waals surface area (Å²) in [6.07, 6.45) is 6.80. The Kier molecular flexibility index (Phi) is 3.70. The molecule has 3 aromatic rings. The Bertz CT molecular complexity index is 951. The predicted molar refractivity (Wildman–Crippen MR) is 94.7 cm³/mol. The van der Waals surface area contributed by atoms with Gasteiger partial charge in [-0.25, -0.2) is 0 Å². The molecule has 5 heteroatoms. The number of benzene rings is 1. The Hall–Kier alpha value is -1.72. The molecular formula is C18H17BrN2O2. The molecule has 23 heavy (non-hydrogen) atoms. The summed E-state index contributed by atoms with van der Waals surface area (Å²) in [5, 5.41) is 12.8. The van der Waals surface area contributed by atoms with E-state index in [0.717, 1.165) is 46.4 Å². The van der Waals surface area contributed by atoms with Gasteiger partial charge in [-0.3, -0.25) is 9.78 Å². The highest BCUT2D eigenvalue weighted by molar-refractivity contribution is 9.10. The second kappa shape index (κ2) is 5.73. The number of halogens is 1. The van der Waals surface area contributed by atoms with E-state index in [-0.39, 0.29) is 11.6 Å². The average Bonchev–Trinajstić information content (AvgIpc) is 2.57. The van der Waals surface area contributed by atoms with Crippen molar-refractivity contribution in [1.29, 1.82) is 0 Å². The predicted octanol–water partition coefficient (Wildman–Crippen LogP) is 3.79. The molecular weight excluding hydrogens is 356 g/mol. The van der Waals surface area contributed by atoms with E-state index in [1.807, 2.05) is 30.5 Å². The van der Waals surface area contributed by atoms with Gasteiger partial charge in [0.2, 0.25) is 0 Å². The van der Waals surface area contributed by atoms with Crippen molar-refractivity contribution >= 4 is 37.6 Å². The highest BCUT2D eigenvalue weighted by atomic mass is 79.9.